The summed E-state index contributed by atoms with van der Waals surface area (Å²) in [6.45, 7) is -0.891. The van der Waals surface area contributed by atoms with Crippen LogP contribution in [-0.2, 0) is 32.6 Å². The highest BCUT2D eigenvalue weighted by Crippen LogP contribution is 2.50. The first-order valence-corrected chi connectivity index (χ1v) is 16.5. The maximum absolute atomic E-state index is 14.3. The van der Waals surface area contributed by atoms with Crippen LogP contribution in [0.3, 0.4) is 0 Å². The van der Waals surface area contributed by atoms with Gasteiger partial charge in [-0.15, -0.1) is 0 Å². The molecular formula is C26H37N9O12P-. The summed E-state index contributed by atoms with van der Waals surface area (Å²) in [6, 6.07) is 1.37. The van der Waals surface area contributed by atoms with E-state index in [1.165, 1.54) is 30.3 Å². The minimum Gasteiger partial charge on any atom is -0.550 e. The molecule has 0 spiro atoms. The Bertz CT molecular complexity index is 1750. The predicted octanol–water partition coefficient (Wildman–Crippen LogP) is -2.50. The fourth-order valence-electron chi connectivity index (χ4n) is 5.54. The van der Waals surface area contributed by atoms with Crippen molar-refractivity contribution in [3.63, 3.8) is 0 Å². The highest BCUT2D eigenvalue weighted by atomic mass is 31.2. The number of carboxylic acid groups (broad SMARTS) is 1. The number of imidazole rings is 1. The molecule has 8 N–H and O–H groups in total. The van der Waals surface area contributed by atoms with Crippen molar-refractivity contribution in [1.29, 1.82) is 0 Å². The van der Waals surface area contributed by atoms with Gasteiger partial charge in [0.25, 0.3) is 5.56 Å². The molecule has 5 rings (SSSR count). The Morgan fingerprint density at radius 1 is 1.19 bits per heavy atom. The van der Waals surface area contributed by atoms with Crippen molar-refractivity contribution in [2.24, 2.45) is 0 Å². The lowest BCUT2D eigenvalue weighted by Crippen LogP contribution is -2.38. The summed E-state index contributed by atoms with van der Waals surface area (Å²) in [6.07, 6.45) is -3.90. The van der Waals surface area contributed by atoms with Crippen LogP contribution in [0.1, 0.15) is 44.6 Å². The summed E-state index contributed by atoms with van der Waals surface area (Å²) in [4.78, 5) is 49.6. The summed E-state index contributed by atoms with van der Waals surface area (Å²) in [5.74, 6) is -1.36. The highest BCUT2D eigenvalue weighted by Gasteiger charge is 2.50. The van der Waals surface area contributed by atoms with Gasteiger partial charge in [-0.05, 0) is 25.3 Å². The van der Waals surface area contributed by atoms with Gasteiger partial charge in [-0.2, -0.15) is 9.97 Å². The van der Waals surface area contributed by atoms with Gasteiger partial charge in [-0.25, -0.2) is 19.4 Å². The average Bonchev–Trinajstić information content (AvgIpc) is 3.72. The number of nitrogens with one attached hydrogen (secondary N) is 2. The molecule has 2 aliphatic heterocycles. The molecule has 5 heterocycles. The summed E-state index contributed by atoms with van der Waals surface area (Å²) < 4.78 is 46.1. The van der Waals surface area contributed by atoms with Gasteiger partial charge < -0.3 is 45.8 Å². The number of rotatable bonds is 16. The lowest BCUT2D eigenvalue weighted by molar-refractivity contribution is -0.305. The maximum Gasteiger partial charge on any atom is 0.406 e. The molecule has 3 aromatic rings. The Labute approximate surface area is 271 Å². The van der Waals surface area contributed by atoms with Crippen LogP contribution in [0.5, 0.6) is 0 Å². The van der Waals surface area contributed by atoms with Crippen LogP contribution in [0, 0.1) is 0 Å². The Balaban J connectivity index is 1.34. The molecule has 264 valence electrons. The van der Waals surface area contributed by atoms with Crippen LogP contribution in [0.25, 0.3) is 11.2 Å². The number of aromatic nitrogens is 6. The van der Waals surface area contributed by atoms with Gasteiger partial charge in [0.05, 0.1) is 25.6 Å². The number of carbonyl (C=O) groups excluding carboxylic acids is 1. The molecule has 22 heteroatoms. The van der Waals surface area contributed by atoms with Gasteiger partial charge in [-0.1, -0.05) is 6.42 Å². The number of anilines is 2. The van der Waals surface area contributed by atoms with Crippen molar-refractivity contribution in [2.75, 3.05) is 38.3 Å². The molecule has 0 aliphatic carbocycles. The Hall–Kier alpha value is -3.79. The highest BCUT2D eigenvalue weighted by molar-refractivity contribution is 7.51. The number of aliphatic hydroxyl groups excluding tert-OH is 2. The number of nitrogens with two attached hydrogens (primary N) is 2. The lowest BCUT2D eigenvalue weighted by atomic mass is 10.1. The largest absolute Gasteiger partial charge is 0.550 e. The number of aliphatic hydroxyl groups is 2. The average molecular weight is 699 g/mol. The topological polar surface area (TPSA) is 306 Å². The second-order valence-corrected chi connectivity index (χ2v) is 13.0. The number of methoxy groups -OCH3 is 1. The predicted molar refractivity (Wildman–Crippen MR) is 162 cm³/mol. The van der Waals surface area contributed by atoms with Gasteiger partial charge in [0, 0.05) is 32.2 Å². The van der Waals surface area contributed by atoms with Gasteiger partial charge in [0.1, 0.15) is 30.2 Å². The van der Waals surface area contributed by atoms with E-state index in [4.69, 9.17) is 34.7 Å². The molecule has 8 atom stereocenters. The summed E-state index contributed by atoms with van der Waals surface area (Å²) in [5, 5.41) is 34.4. The van der Waals surface area contributed by atoms with Crippen molar-refractivity contribution >= 4 is 36.6 Å². The van der Waals surface area contributed by atoms with E-state index in [9.17, 15) is 34.3 Å². The first-order chi connectivity index (χ1) is 22.9. The van der Waals surface area contributed by atoms with E-state index in [1.807, 2.05) is 0 Å². The van der Waals surface area contributed by atoms with Gasteiger partial charge >= 0.3 is 13.4 Å². The molecule has 0 saturated carbocycles. The van der Waals surface area contributed by atoms with Gasteiger partial charge in [0.2, 0.25) is 5.95 Å². The summed E-state index contributed by atoms with van der Waals surface area (Å²) in [5.41, 5.74) is 10.00. The number of aliphatic carboxylic acids is 1. The van der Waals surface area contributed by atoms with Crippen LogP contribution < -0.4 is 32.9 Å². The number of carboxylic acids is 1. The molecular weight excluding hydrogens is 661 g/mol. The molecule has 3 aromatic heterocycles. The number of hydrogen-bond donors (Lipinski definition) is 6. The standard InChI is InChI=1S/C26H38N9O12P/c1-43-20-19(15(10-36)46-24(20)35-12-29-18-21(35)32-25(28)33-22(18)40)47-48(42,30-7-4-2-3-5-17(38)39)44-11-13-9-14(37)23(45-13)34-8-6-16(27)31-26(34)41/h6,8,12-15,19-20,23-24,36-37H,2-5,7,9-11H2,1H3,(H,30,42)(H,38,39)(H2,27,31,41)(H3,28,32,33,40)/p-1/t13-,14+,15+,19+,20+,23+,24+,48?/m0/s1. The lowest BCUT2D eigenvalue weighted by Gasteiger charge is -2.28. The molecule has 1 unspecified atom stereocenters. The van der Waals surface area contributed by atoms with E-state index in [2.05, 4.69) is 25.0 Å². The zero-order valence-corrected chi connectivity index (χ0v) is 26.6. The number of nitrogen functional groups attached to an aromatic ring is 2. The van der Waals surface area contributed by atoms with Crippen molar-refractivity contribution in [2.45, 2.75) is 75.1 Å². The van der Waals surface area contributed by atoms with E-state index in [1.54, 1.807) is 0 Å². The number of ether oxygens (including phenoxy) is 3. The maximum atomic E-state index is 14.3. The fourth-order valence-corrected chi connectivity index (χ4v) is 7.13. The second-order valence-electron chi connectivity index (χ2n) is 11.2. The smallest absolute Gasteiger partial charge is 0.406 e. The molecule has 0 aromatic carbocycles. The quantitative estimate of drug-likeness (QED) is 0.0665. The molecule has 0 bridgehead atoms. The third kappa shape index (κ3) is 7.91. The Morgan fingerprint density at radius 2 is 1.98 bits per heavy atom. The van der Waals surface area contributed by atoms with Crippen molar-refractivity contribution in [3.8, 4) is 0 Å². The van der Waals surface area contributed by atoms with Gasteiger partial charge in [-0.3, -0.25) is 28.0 Å². The number of hydrogen-bond acceptors (Lipinski definition) is 17. The molecule has 2 saturated heterocycles. The van der Waals surface area contributed by atoms with E-state index in [0.29, 0.717) is 19.3 Å². The van der Waals surface area contributed by atoms with Crippen LogP contribution in [0.15, 0.2) is 28.2 Å². The van der Waals surface area contributed by atoms with Crippen LogP contribution in [0.4, 0.5) is 11.8 Å². The Morgan fingerprint density at radius 3 is 2.69 bits per heavy atom. The number of nitrogens with zero attached hydrogens (tertiary/aromatic N) is 5. The number of aromatic amines is 1. The van der Waals surface area contributed by atoms with E-state index < -0.39 is 74.5 Å². The second kappa shape index (κ2) is 15.2. The molecule has 21 nitrogen and oxygen atoms in total. The normalized spacial score (nSPS) is 27.0. The summed E-state index contributed by atoms with van der Waals surface area (Å²) in [7, 11) is -2.97. The first kappa shape index (κ1) is 35.5. The number of H-pyrrole nitrogens is 1. The fraction of sp³-hybridized carbons (Fsp3) is 0.615. The van der Waals surface area contributed by atoms with Crippen molar-refractivity contribution < 1.29 is 47.9 Å². The van der Waals surface area contributed by atoms with Crippen molar-refractivity contribution in [1.82, 2.24) is 34.2 Å². The SMILES string of the molecule is CO[C@@H]1[C@H](OP(=O)(NCCCCCC(=O)[O-])OC[C@@H]2C[C@@H](O)[C@H](n3ccc(N)nc3=O)O2)[C@@H](CO)O[C@H]1n1cnc2c(=O)[nH]c(N)nc21. The van der Waals surface area contributed by atoms with E-state index in [-0.39, 0.29) is 48.9 Å². The van der Waals surface area contributed by atoms with Crippen molar-refractivity contribution in [3.05, 3.63) is 39.4 Å². The van der Waals surface area contributed by atoms with Crippen LogP contribution >= 0.6 is 7.75 Å². The van der Waals surface area contributed by atoms with Gasteiger partial charge in [0.15, 0.2) is 23.6 Å². The van der Waals surface area contributed by atoms with Crippen LogP contribution in [0.2, 0.25) is 0 Å². The number of carbonyl (C=O) groups is 1. The third-order valence-corrected chi connectivity index (χ3v) is 9.43. The number of fused-ring (bicyclic) bond motifs is 1. The minimum absolute atomic E-state index is 0.00223. The van der Waals surface area contributed by atoms with E-state index in [0.717, 1.165) is 4.57 Å². The zero-order chi connectivity index (χ0) is 34.6. The molecule has 2 aliphatic rings. The zero-order valence-electron chi connectivity index (χ0n) is 25.7. The number of unbranched alkanes of at least 4 members (excludes halogenated alkanes) is 2. The Kier molecular flexibility index (Phi) is 11.2. The molecule has 2 fully saturated rings. The minimum atomic E-state index is -4.31. The van der Waals surface area contributed by atoms with Crippen LogP contribution in [-0.4, -0.2) is 103 Å². The first-order valence-electron chi connectivity index (χ1n) is 15.0. The molecule has 0 radical (unpaired) electrons. The molecule has 0 amide bonds. The monoisotopic (exact) mass is 698 g/mol. The third-order valence-electron chi connectivity index (χ3n) is 7.81. The summed E-state index contributed by atoms with van der Waals surface area (Å²) >= 11 is 0. The van der Waals surface area contributed by atoms with E-state index >= 15 is 0 Å². The molecule has 48 heavy (non-hydrogen) atoms.